The van der Waals surface area contributed by atoms with Crippen molar-refractivity contribution in [3.63, 3.8) is 0 Å². The van der Waals surface area contributed by atoms with E-state index in [1.807, 2.05) is 30.3 Å². The molecule has 2 heterocycles. The fourth-order valence-corrected chi connectivity index (χ4v) is 1.92. The van der Waals surface area contributed by atoms with Crippen molar-refractivity contribution in [2.75, 3.05) is 5.32 Å². The van der Waals surface area contributed by atoms with Gasteiger partial charge in [-0.1, -0.05) is 29.8 Å². The number of para-hydroxylation sites is 1. The number of pyridine rings is 1. The molecule has 0 amide bonds. The maximum absolute atomic E-state index is 11.7. The normalized spacial score (nSPS) is 10.1. The second-order valence-electron chi connectivity index (χ2n) is 4.15. The Morgan fingerprint density at radius 2 is 2.05 bits per heavy atom. The van der Waals surface area contributed by atoms with Gasteiger partial charge in [-0.05, 0) is 23.9 Å². The largest absolute Gasteiger partial charge is 0.490 e. The van der Waals surface area contributed by atoms with Crippen LogP contribution in [0.25, 0.3) is 11.0 Å². The van der Waals surface area contributed by atoms with Crippen LogP contribution in [-0.4, -0.2) is 10.8 Å². The van der Waals surface area contributed by atoms with Crippen LogP contribution >= 0.6 is 0 Å². The van der Waals surface area contributed by atoms with Crippen LogP contribution < -0.4 is 5.32 Å². The Bertz CT molecular complexity index is 738. The fraction of sp³-hybridized carbons (Fsp3) is 0.0667. The van der Waals surface area contributed by atoms with Crippen LogP contribution in [0.15, 0.2) is 47.1 Å². The smallest absolute Gasteiger partial charge is 0.195 e. The van der Waals surface area contributed by atoms with Crippen LogP contribution in [0.3, 0.4) is 0 Å². The predicted molar refractivity (Wildman–Crippen MR) is 72.6 cm³/mol. The number of ketones is 1. The number of nitrogens with zero attached hydrogens (tertiary/aromatic N) is 1. The summed E-state index contributed by atoms with van der Waals surface area (Å²) in [7, 11) is 0. The molecule has 1 aromatic carbocycles. The van der Waals surface area contributed by atoms with Gasteiger partial charge in [0.25, 0.3) is 0 Å². The van der Waals surface area contributed by atoms with Crippen LogP contribution in [0.2, 0.25) is 0 Å². The molecule has 0 aliphatic rings. The Balaban J connectivity index is 0.00000147. The van der Waals surface area contributed by atoms with E-state index in [0.29, 0.717) is 17.0 Å². The van der Waals surface area contributed by atoms with Crippen LogP contribution in [0.5, 0.6) is 0 Å². The second kappa shape index (κ2) is 6.29. The maximum atomic E-state index is 11.7. The molecule has 3 aromatic rings. The minimum Gasteiger partial charge on any atom is -0.490 e. The summed E-state index contributed by atoms with van der Waals surface area (Å²) in [6.45, 7) is 1.47. The standard InChI is InChI=1S/C15H11N2O2.Y/c1-10(18)15-14(17-11-5-3-2-4-6-11)12-9-16-8-7-13(12)19-15;/h2-6,8-9,17H,1H3;/q-1;. The zero-order valence-electron chi connectivity index (χ0n) is 10.9. The molecule has 0 bridgehead atoms. The summed E-state index contributed by atoms with van der Waals surface area (Å²) in [6.07, 6.45) is 3.18. The number of hydrogen-bond acceptors (Lipinski definition) is 4. The molecule has 5 heteroatoms. The number of furan rings is 1. The summed E-state index contributed by atoms with van der Waals surface area (Å²) in [5.74, 6) is 0.158. The van der Waals surface area contributed by atoms with E-state index >= 15 is 0 Å². The number of nitrogens with one attached hydrogen (secondary N) is 1. The van der Waals surface area contributed by atoms with Gasteiger partial charge in [0.15, 0.2) is 11.5 Å². The summed E-state index contributed by atoms with van der Waals surface area (Å²) in [5.41, 5.74) is 2.05. The Morgan fingerprint density at radius 1 is 1.30 bits per heavy atom. The van der Waals surface area contributed by atoms with Crippen molar-refractivity contribution in [2.24, 2.45) is 0 Å². The third-order valence-electron chi connectivity index (χ3n) is 2.78. The number of aromatic nitrogens is 1. The number of carbonyl (C=O) groups is 1. The first kappa shape index (κ1) is 14.9. The van der Waals surface area contributed by atoms with Crippen LogP contribution in [-0.2, 0) is 32.7 Å². The van der Waals surface area contributed by atoms with Gasteiger partial charge in [0.2, 0.25) is 0 Å². The first-order valence-electron chi connectivity index (χ1n) is 5.87. The molecule has 0 spiro atoms. The molecular formula is C15H11N2O2Y-. The average Bonchev–Trinajstić information content (AvgIpc) is 2.79. The summed E-state index contributed by atoms with van der Waals surface area (Å²) >= 11 is 0. The second-order valence-corrected chi connectivity index (χ2v) is 4.15. The molecule has 3 rings (SSSR count). The predicted octanol–water partition coefficient (Wildman–Crippen LogP) is 3.57. The molecule has 0 unspecified atom stereocenters. The fourth-order valence-electron chi connectivity index (χ4n) is 1.92. The van der Waals surface area contributed by atoms with Crippen molar-refractivity contribution in [3.8, 4) is 0 Å². The number of hydrogen-bond donors (Lipinski definition) is 1. The van der Waals surface area contributed by atoms with E-state index in [0.717, 1.165) is 11.1 Å². The van der Waals surface area contributed by atoms with E-state index in [4.69, 9.17) is 4.42 Å². The zero-order valence-corrected chi connectivity index (χ0v) is 13.7. The van der Waals surface area contributed by atoms with Crippen LogP contribution in [0, 0.1) is 6.07 Å². The number of rotatable bonds is 3. The molecule has 0 aliphatic heterocycles. The summed E-state index contributed by atoms with van der Waals surface area (Å²) in [4.78, 5) is 15.7. The minimum atomic E-state index is -0.136. The van der Waals surface area contributed by atoms with E-state index < -0.39 is 0 Å². The molecule has 20 heavy (non-hydrogen) atoms. The number of carbonyl (C=O) groups excluding carboxylic acids is 1. The van der Waals surface area contributed by atoms with Crippen molar-refractivity contribution in [3.05, 3.63) is 54.6 Å². The van der Waals surface area contributed by atoms with E-state index in [9.17, 15) is 4.79 Å². The summed E-state index contributed by atoms with van der Waals surface area (Å²) < 4.78 is 5.53. The van der Waals surface area contributed by atoms with Crippen molar-refractivity contribution < 1.29 is 41.9 Å². The van der Waals surface area contributed by atoms with Crippen molar-refractivity contribution in [1.29, 1.82) is 0 Å². The topological polar surface area (TPSA) is 55.1 Å². The molecule has 0 aliphatic carbocycles. The molecule has 1 radical (unpaired) electrons. The van der Waals surface area contributed by atoms with Crippen molar-refractivity contribution >= 4 is 28.1 Å². The molecule has 0 saturated carbocycles. The molecule has 0 fully saturated rings. The van der Waals surface area contributed by atoms with Gasteiger partial charge in [-0.15, -0.1) is 0 Å². The average molecular weight is 340 g/mol. The van der Waals surface area contributed by atoms with Gasteiger partial charge < -0.3 is 14.7 Å². The van der Waals surface area contributed by atoms with E-state index in [-0.39, 0.29) is 38.5 Å². The maximum Gasteiger partial charge on any atom is 0.195 e. The van der Waals surface area contributed by atoms with Gasteiger partial charge in [-0.2, -0.15) is 6.07 Å². The van der Waals surface area contributed by atoms with Gasteiger partial charge in [-0.25, -0.2) is 0 Å². The monoisotopic (exact) mass is 340 g/mol. The van der Waals surface area contributed by atoms with E-state index in [1.54, 1.807) is 6.20 Å². The summed E-state index contributed by atoms with van der Waals surface area (Å²) in [6, 6.07) is 12.5. The molecule has 2 aromatic heterocycles. The zero-order chi connectivity index (χ0) is 13.2. The molecule has 0 saturated heterocycles. The number of benzene rings is 1. The first-order valence-corrected chi connectivity index (χ1v) is 5.87. The SMILES string of the molecule is CC(=O)c1oc2[c-]cncc2c1Nc1ccccc1.[Y]. The molecule has 4 nitrogen and oxygen atoms in total. The number of anilines is 2. The number of Topliss-reactive ketones (excluding diaryl/α,β-unsaturated/α-hetero) is 1. The van der Waals surface area contributed by atoms with Gasteiger partial charge in [0.05, 0.1) is 0 Å². The Labute approximate surface area is 141 Å². The van der Waals surface area contributed by atoms with Crippen molar-refractivity contribution in [1.82, 2.24) is 4.98 Å². The van der Waals surface area contributed by atoms with Crippen LogP contribution in [0.4, 0.5) is 11.4 Å². The Kier molecular flexibility index (Phi) is 4.68. The minimum absolute atomic E-state index is 0. The summed E-state index contributed by atoms with van der Waals surface area (Å²) in [5, 5.41) is 3.95. The number of fused-ring (bicyclic) bond motifs is 1. The van der Waals surface area contributed by atoms with Crippen LogP contribution in [0.1, 0.15) is 17.5 Å². The van der Waals surface area contributed by atoms with Gasteiger partial charge >= 0.3 is 0 Å². The van der Waals surface area contributed by atoms with E-state index in [1.165, 1.54) is 13.1 Å². The Hall–Kier alpha value is -1.52. The van der Waals surface area contributed by atoms with Gasteiger partial charge in [0.1, 0.15) is 0 Å². The molecule has 97 valence electrons. The molecule has 0 atom stereocenters. The quantitative estimate of drug-likeness (QED) is 0.585. The van der Waals surface area contributed by atoms with Gasteiger partial charge in [0, 0.05) is 51.0 Å². The molecule has 1 N–H and O–H groups in total. The molecular weight excluding hydrogens is 329 g/mol. The third kappa shape index (κ3) is 2.81. The third-order valence-corrected chi connectivity index (χ3v) is 2.78. The Morgan fingerprint density at radius 3 is 2.75 bits per heavy atom. The van der Waals surface area contributed by atoms with Crippen molar-refractivity contribution in [2.45, 2.75) is 6.92 Å². The van der Waals surface area contributed by atoms with Gasteiger partial charge in [-0.3, -0.25) is 4.79 Å². The van der Waals surface area contributed by atoms with E-state index in [2.05, 4.69) is 16.4 Å². The first-order chi connectivity index (χ1) is 9.25.